The number of allylic oxidation sites excluding steroid dienone is 2. The third kappa shape index (κ3) is 3.02. The molecule has 1 atom stereocenters. The first-order valence-corrected chi connectivity index (χ1v) is 6.60. The summed E-state index contributed by atoms with van der Waals surface area (Å²) >= 11 is 0. The summed E-state index contributed by atoms with van der Waals surface area (Å²) in [5.41, 5.74) is 3.59. The van der Waals surface area contributed by atoms with Crippen molar-refractivity contribution in [1.29, 1.82) is 0 Å². The Morgan fingerprint density at radius 2 is 1.68 bits per heavy atom. The van der Waals surface area contributed by atoms with Gasteiger partial charge in [-0.1, -0.05) is 51.1 Å². The minimum absolute atomic E-state index is 0.0614. The quantitative estimate of drug-likeness (QED) is 0.806. The van der Waals surface area contributed by atoms with Gasteiger partial charge in [-0.15, -0.1) is 0 Å². The first-order valence-electron chi connectivity index (χ1n) is 6.60. The van der Waals surface area contributed by atoms with E-state index in [1.807, 2.05) is 49.4 Å². The molecular weight excluding hydrogens is 234 g/mol. The van der Waals surface area contributed by atoms with E-state index in [1.54, 1.807) is 0 Å². The van der Waals surface area contributed by atoms with Crippen molar-refractivity contribution in [2.45, 2.75) is 33.8 Å². The molecule has 0 saturated carbocycles. The Morgan fingerprint density at radius 3 is 2.26 bits per heavy atom. The number of hydrogen-bond acceptors (Lipinski definition) is 2. The van der Waals surface area contributed by atoms with Crippen LogP contribution >= 0.6 is 0 Å². The lowest BCUT2D eigenvalue weighted by atomic mass is 9.78. The molecule has 0 bridgehead atoms. The molecule has 2 nitrogen and oxygen atoms in total. The fourth-order valence-electron chi connectivity index (χ4n) is 2.21. The second kappa shape index (κ2) is 5.14. The molecule has 0 saturated heterocycles. The molecule has 1 aliphatic carbocycles. The number of aliphatic hydroxyl groups is 1. The van der Waals surface area contributed by atoms with Crippen LogP contribution in [0.5, 0.6) is 0 Å². The minimum atomic E-state index is -0.620. The van der Waals surface area contributed by atoms with E-state index in [0.29, 0.717) is 0 Å². The lowest BCUT2D eigenvalue weighted by Crippen LogP contribution is -2.32. The van der Waals surface area contributed by atoms with Gasteiger partial charge in [-0.25, -0.2) is 0 Å². The molecule has 19 heavy (non-hydrogen) atoms. The summed E-state index contributed by atoms with van der Waals surface area (Å²) in [6.45, 7) is 8.31. The standard InChI is InChI=1S/C17H21NO/c1-12-10-11-14(17(2,3)4)16(19)15(12)18-13-8-6-5-7-9-13/h5-11,16,19H,1-4H3. The highest BCUT2D eigenvalue weighted by atomic mass is 16.3. The summed E-state index contributed by atoms with van der Waals surface area (Å²) in [4.78, 5) is 4.60. The van der Waals surface area contributed by atoms with E-state index >= 15 is 0 Å². The van der Waals surface area contributed by atoms with E-state index in [0.717, 1.165) is 22.5 Å². The largest absolute Gasteiger partial charge is 0.382 e. The van der Waals surface area contributed by atoms with Gasteiger partial charge >= 0.3 is 0 Å². The Morgan fingerprint density at radius 1 is 1.05 bits per heavy atom. The lowest BCUT2D eigenvalue weighted by Gasteiger charge is -2.30. The first-order chi connectivity index (χ1) is 8.89. The van der Waals surface area contributed by atoms with Crippen molar-refractivity contribution in [3.8, 4) is 0 Å². The molecular formula is C17H21NO. The zero-order valence-electron chi connectivity index (χ0n) is 12.0. The van der Waals surface area contributed by atoms with Crippen LogP contribution in [0.25, 0.3) is 0 Å². The fraction of sp³-hybridized carbons (Fsp3) is 0.353. The maximum Gasteiger partial charge on any atom is 0.118 e. The van der Waals surface area contributed by atoms with Crippen molar-refractivity contribution in [1.82, 2.24) is 0 Å². The van der Waals surface area contributed by atoms with Crippen LogP contribution in [0.3, 0.4) is 0 Å². The number of para-hydroxylation sites is 1. The van der Waals surface area contributed by atoms with Gasteiger partial charge < -0.3 is 5.11 Å². The summed E-state index contributed by atoms with van der Waals surface area (Å²) in [5, 5.41) is 10.6. The second-order valence-corrected chi connectivity index (χ2v) is 5.96. The van der Waals surface area contributed by atoms with Crippen LogP contribution in [0.4, 0.5) is 5.69 Å². The van der Waals surface area contributed by atoms with Crippen LogP contribution < -0.4 is 0 Å². The Hall–Kier alpha value is -1.67. The van der Waals surface area contributed by atoms with Gasteiger partial charge in [-0.2, -0.15) is 0 Å². The molecule has 0 amide bonds. The summed E-state index contributed by atoms with van der Waals surface area (Å²) in [5.74, 6) is 0. The number of aliphatic hydroxyl groups excluding tert-OH is 1. The van der Waals surface area contributed by atoms with Crippen molar-refractivity contribution in [3.63, 3.8) is 0 Å². The molecule has 0 aromatic heterocycles. The summed E-state index contributed by atoms with van der Waals surface area (Å²) < 4.78 is 0. The van der Waals surface area contributed by atoms with Crippen LogP contribution in [0, 0.1) is 5.41 Å². The minimum Gasteiger partial charge on any atom is -0.382 e. The van der Waals surface area contributed by atoms with Gasteiger partial charge in [-0.3, -0.25) is 4.99 Å². The van der Waals surface area contributed by atoms with Gasteiger partial charge in [0.1, 0.15) is 6.10 Å². The van der Waals surface area contributed by atoms with Gasteiger partial charge in [0, 0.05) is 0 Å². The average molecular weight is 255 g/mol. The zero-order valence-corrected chi connectivity index (χ0v) is 12.0. The Labute approximate surface area is 115 Å². The van der Waals surface area contributed by atoms with Gasteiger partial charge in [-0.05, 0) is 35.6 Å². The normalized spacial score (nSPS) is 22.2. The predicted octanol–water partition coefficient (Wildman–Crippen LogP) is 4.05. The third-order valence-electron chi connectivity index (χ3n) is 3.34. The number of hydrogen-bond donors (Lipinski definition) is 1. The Bertz CT molecular complexity index is 544. The van der Waals surface area contributed by atoms with Crippen LogP contribution in [0.15, 0.2) is 58.6 Å². The topological polar surface area (TPSA) is 32.6 Å². The van der Waals surface area contributed by atoms with Gasteiger partial charge in [0.2, 0.25) is 0 Å². The average Bonchev–Trinajstić information content (AvgIpc) is 2.34. The summed E-state index contributed by atoms with van der Waals surface area (Å²) in [6.07, 6.45) is 3.43. The van der Waals surface area contributed by atoms with E-state index in [2.05, 4.69) is 25.8 Å². The Kier molecular flexibility index (Phi) is 3.72. The van der Waals surface area contributed by atoms with E-state index in [-0.39, 0.29) is 5.41 Å². The van der Waals surface area contributed by atoms with Crippen LogP contribution in [-0.4, -0.2) is 16.9 Å². The van der Waals surface area contributed by atoms with Crippen molar-refractivity contribution in [3.05, 3.63) is 53.6 Å². The molecule has 0 fully saturated rings. The van der Waals surface area contributed by atoms with Crippen molar-refractivity contribution < 1.29 is 5.11 Å². The SMILES string of the molecule is CC1=CC=C(C(C)(C)C)C(O)C1=Nc1ccccc1. The Balaban J connectivity index is 2.41. The zero-order chi connectivity index (χ0) is 14.0. The highest BCUT2D eigenvalue weighted by molar-refractivity contribution is 6.07. The molecule has 100 valence electrons. The maximum atomic E-state index is 10.6. The van der Waals surface area contributed by atoms with E-state index < -0.39 is 6.10 Å². The number of rotatable bonds is 1. The van der Waals surface area contributed by atoms with Crippen molar-refractivity contribution in [2.24, 2.45) is 10.4 Å². The molecule has 1 N–H and O–H groups in total. The van der Waals surface area contributed by atoms with E-state index in [1.165, 1.54) is 0 Å². The molecule has 0 spiro atoms. The summed E-state index contributed by atoms with van der Waals surface area (Å²) in [6, 6.07) is 9.76. The first kappa shape index (κ1) is 13.8. The molecule has 2 rings (SSSR count). The highest BCUT2D eigenvalue weighted by Gasteiger charge is 2.29. The van der Waals surface area contributed by atoms with Gasteiger partial charge in [0.15, 0.2) is 0 Å². The van der Waals surface area contributed by atoms with Crippen LogP contribution in [0.1, 0.15) is 27.7 Å². The predicted molar refractivity (Wildman–Crippen MR) is 80.8 cm³/mol. The van der Waals surface area contributed by atoms with Crippen molar-refractivity contribution in [2.75, 3.05) is 0 Å². The molecule has 1 aromatic carbocycles. The summed E-state index contributed by atoms with van der Waals surface area (Å²) in [7, 11) is 0. The smallest absolute Gasteiger partial charge is 0.118 e. The molecule has 1 aliphatic rings. The number of aliphatic imine (C=N–C) groups is 1. The van der Waals surface area contributed by atoms with Gasteiger partial charge in [0.25, 0.3) is 0 Å². The number of nitrogens with zero attached hydrogens (tertiary/aromatic N) is 1. The molecule has 0 aliphatic heterocycles. The second-order valence-electron chi connectivity index (χ2n) is 5.96. The molecule has 1 unspecified atom stereocenters. The highest BCUT2D eigenvalue weighted by Crippen LogP contribution is 2.33. The number of benzene rings is 1. The molecule has 2 heteroatoms. The monoisotopic (exact) mass is 255 g/mol. The maximum absolute atomic E-state index is 10.6. The third-order valence-corrected chi connectivity index (χ3v) is 3.34. The molecule has 0 radical (unpaired) electrons. The van der Waals surface area contributed by atoms with Crippen LogP contribution in [0.2, 0.25) is 0 Å². The van der Waals surface area contributed by atoms with Crippen LogP contribution in [-0.2, 0) is 0 Å². The molecule has 1 aromatic rings. The lowest BCUT2D eigenvalue weighted by molar-refractivity contribution is 0.245. The van der Waals surface area contributed by atoms with E-state index in [4.69, 9.17) is 0 Å². The van der Waals surface area contributed by atoms with E-state index in [9.17, 15) is 5.11 Å². The van der Waals surface area contributed by atoms with Gasteiger partial charge in [0.05, 0.1) is 11.4 Å². The fourth-order valence-corrected chi connectivity index (χ4v) is 2.21. The van der Waals surface area contributed by atoms with Crippen molar-refractivity contribution >= 4 is 11.4 Å². The molecule has 0 heterocycles.